The van der Waals surface area contributed by atoms with E-state index in [1.807, 2.05) is 13.8 Å². The highest BCUT2D eigenvalue weighted by Gasteiger charge is 2.32. The number of rotatable bonds is 4. The Bertz CT molecular complexity index is 338. The summed E-state index contributed by atoms with van der Waals surface area (Å²) < 4.78 is 27.8. The zero-order valence-corrected chi connectivity index (χ0v) is 9.19. The smallest absolute Gasteiger partial charge is 0.150 e. The van der Waals surface area contributed by atoms with Crippen LogP contribution in [0.1, 0.15) is 30.9 Å². The van der Waals surface area contributed by atoms with Gasteiger partial charge in [0.1, 0.15) is 5.82 Å². The lowest BCUT2D eigenvalue weighted by molar-refractivity contribution is 0.153. The molecule has 0 radical (unpaired) electrons. The Balaban J connectivity index is 3.16. The normalized spacial score (nSPS) is 15.0. The number of hydrogen-bond donors (Lipinski definition) is 1. The third-order valence-electron chi connectivity index (χ3n) is 2.57. The van der Waals surface area contributed by atoms with Gasteiger partial charge in [0.15, 0.2) is 5.67 Å². The van der Waals surface area contributed by atoms with Gasteiger partial charge in [0, 0.05) is 12.1 Å². The van der Waals surface area contributed by atoms with Crippen molar-refractivity contribution in [3.05, 3.63) is 35.1 Å². The minimum absolute atomic E-state index is 0.0897. The van der Waals surface area contributed by atoms with Gasteiger partial charge in [-0.05, 0) is 25.5 Å². The van der Waals surface area contributed by atoms with Crippen LogP contribution in [0.2, 0.25) is 0 Å². The first kappa shape index (κ1) is 12.1. The Morgan fingerprint density at radius 1 is 1.40 bits per heavy atom. The monoisotopic (exact) mass is 213 g/mol. The molecule has 15 heavy (non-hydrogen) atoms. The van der Waals surface area contributed by atoms with Crippen LogP contribution in [-0.2, 0) is 5.67 Å². The minimum Gasteiger partial charge on any atom is -0.327 e. The van der Waals surface area contributed by atoms with Gasteiger partial charge >= 0.3 is 0 Å². The summed E-state index contributed by atoms with van der Waals surface area (Å²) in [6.07, 6.45) is 0.894. The molecule has 1 unspecified atom stereocenters. The predicted molar refractivity (Wildman–Crippen MR) is 57.9 cm³/mol. The van der Waals surface area contributed by atoms with Crippen LogP contribution in [0.3, 0.4) is 0 Å². The quantitative estimate of drug-likeness (QED) is 0.817. The van der Waals surface area contributed by atoms with Crippen LogP contribution in [-0.4, -0.2) is 6.54 Å². The van der Waals surface area contributed by atoms with E-state index in [0.29, 0.717) is 6.42 Å². The van der Waals surface area contributed by atoms with Crippen LogP contribution >= 0.6 is 0 Å². The first-order valence-corrected chi connectivity index (χ1v) is 5.19. The van der Waals surface area contributed by atoms with Crippen molar-refractivity contribution in [3.8, 4) is 0 Å². The Labute approximate surface area is 89.3 Å². The molecular weight excluding hydrogens is 196 g/mol. The van der Waals surface area contributed by atoms with Gasteiger partial charge in [-0.2, -0.15) is 0 Å². The van der Waals surface area contributed by atoms with Gasteiger partial charge in [0.25, 0.3) is 0 Å². The van der Waals surface area contributed by atoms with E-state index in [4.69, 9.17) is 5.73 Å². The molecule has 3 heteroatoms. The van der Waals surface area contributed by atoms with Crippen molar-refractivity contribution in [2.45, 2.75) is 32.4 Å². The van der Waals surface area contributed by atoms with E-state index in [2.05, 4.69) is 0 Å². The van der Waals surface area contributed by atoms with E-state index in [0.717, 1.165) is 5.56 Å². The van der Waals surface area contributed by atoms with Crippen molar-refractivity contribution in [2.75, 3.05) is 6.54 Å². The van der Waals surface area contributed by atoms with E-state index in [1.165, 1.54) is 12.1 Å². The first-order valence-electron chi connectivity index (χ1n) is 5.19. The molecule has 2 N–H and O–H groups in total. The molecule has 0 saturated carbocycles. The molecular formula is C12H17F2N. The summed E-state index contributed by atoms with van der Waals surface area (Å²) >= 11 is 0. The van der Waals surface area contributed by atoms with Crippen LogP contribution in [0.25, 0.3) is 0 Å². The largest absolute Gasteiger partial charge is 0.327 e. The standard InChI is InChI=1S/C12H17F2N/c1-3-6-12(14,8-15)10-7-9(2)4-5-11(10)13/h4-5,7H,3,6,8,15H2,1-2H3. The third-order valence-corrected chi connectivity index (χ3v) is 2.57. The number of halogens is 2. The lowest BCUT2D eigenvalue weighted by Gasteiger charge is -2.24. The number of alkyl halides is 1. The van der Waals surface area contributed by atoms with E-state index < -0.39 is 11.5 Å². The second-order valence-electron chi connectivity index (χ2n) is 3.90. The van der Waals surface area contributed by atoms with Crippen LogP contribution < -0.4 is 5.73 Å². The SMILES string of the molecule is CCCC(F)(CN)c1cc(C)ccc1F. The van der Waals surface area contributed by atoms with Crippen LogP contribution in [0.15, 0.2) is 18.2 Å². The molecule has 0 fully saturated rings. The molecule has 0 saturated heterocycles. The topological polar surface area (TPSA) is 26.0 Å². The first-order chi connectivity index (χ1) is 7.03. The number of nitrogens with two attached hydrogens (primary N) is 1. The highest BCUT2D eigenvalue weighted by atomic mass is 19.1. The molecule has 0 aliphatic heterocycles. The molecule has 0 spiro atoms. The molecule has 0 bridgehead atoms. The van der Waals surface area contributed by atoms with Crippen LogP contribution in [0.4, 0.5) is 8.78 Å². The lowest BCUT2D eigenvalue weighted by Crippen LogP contribution is -2.31. The second kappa shape index (κ2) is 4.71. The van der Waals surface area contributed by atoms with Crippen molar-refractivity contribution in [1.82, 2.24) is 0 Å². The molecule has 1 nitrogen and oxygen atoms in total. The second-order valence-corrected chi connectivity index (χ2v) is 3.90. The highest BCUT2D eigenvalue weighted by Crippen LogP contribution is 2.32. The fraction of sp³-hybridized carbons (Fsp3) is 0.500. The molecule has 0 aliphatic carbocycles. The van der Waals surface area contributed by atoms with Gasteiger partial charge in [-0.3, -0.25) is 0 Å². The van der Waals surface area contributed by atoms with Crippen molar-refractivity contribution in [2.24, 2.45) is 5.73 Å². The summed E-state index contributed by atoms with van der Waals surface area (Å²) in [5.41, 5.74) is 4.61. The number of hydrogen-bond acceptors (Lipinski definition) is 1. The molecule has 0 amide bonds. The Morgan fingerprint density at radius 3 is 2.60 bits per heavy atom. The maximum absolute atomic E-state index is 14.3. The summed E-state index contributed by atoms with van der Waals surface area (Å²) in [5.74, 6) is -0.512. The van der Waals surface area contributed by atoms with E-state index in [9.17, 15) is 8.78 Å². The predicted octanol–water partition coefficient (Wildman–Crippen LogP) is 3.06. The molecule has 0 heterocycles. The number of benzene rings is 1. The Kier molecular flexibility index (Phi) is 3.80. The molecule has 1 rings (SSSR count). The molecule has 1 aromatic carbocycles. The maximum atomic E-state index is 14.3. The van der Waals surface area contributed by atoms with Crippen molar-refractivity contribution in [1.29, 1.82) is 0 Å². The van der Waals surface area contributed by atoms with Crippen LogP contribution in [0.5, 0.6) is 0 Å². The van der Waals surface area contributed by atoms with E-state index in [1.54, 1.807) is 6.07 Å². The van der Waals surface area contributed by atoms with Crippen molar-refractivity contribution in [3.63, 3.8) is 0 Å². The molecule has 0 aliphatic rings. The maximum Gasteiger partial charge on any atom is 0.150 e. The third kappa shape index (κ3) is 2.53. The summed E-state index contributed by atoms with van der Waals surface area (Å²) in [6, 6.07) is 4.46. The summed E-state index contributed by atoms with van der Waals surface area (Å²) in [7, 11) is 0. The zero-order valence-electron chi connectivity index (χ0n) is 9.19. The number of aryl methyl sites for hydroxylation is 1. The summed E-state index contributed by atoms with van der Waals surface area (Å²) in [6.45, 7) is 3.49. The lowest BCUT2D eigenvalue weighted by atomic mass is 9.90. The van der Waals surface area contributed by atoms with Gasteiger partial charge in [0.05, 0.1) is 0 Å². The Morgan fingerprint density at radius 2 is 2.07 bits per heavy atom. The average molecular weight is 213 g/mol. The molecule has 0 aromatic heterocycles. The Hall–Kier alpha value is -0.960. The fourth-order valence-electron chi connectivity index (χ4n) is 1.73. The van der Waals surface area contributed by atoms with Gasteiger partial charge < -0.3 is 5.73 Å². The van der Waals surface area contributed by atoms with Gasteiger partial charge in [0.2, 0.25) is 0 Å². The van der Waals surface area contributed by atoms with E-state index in [-0.39, 0.29) is 18.5 Å². The minimum atomic E-state index is -1.73. The van der Waals surface area contributed by atoms with Gasteiger partial charge in [-0.15, -0.1) is 0 Å². The van der Waals surface area contributed by atoms with Gasteiger partial charge in [-0.1, -0.05) is 25.0 Å². The molecule has 1 aromatic rings. The average Bonchev–Trinajstić information content (AvgIpc) is 2.22. The summed E-state index contributed by atoms with van der Waals surface area (Å²) in [5, 5.41) is 0. The fourth-order valence-corrected chi connectivity index (χ4v) is 1.73. The molecule has 1 atom stereocenters. The zero-order chi connectivity index (χ0) is 11.5. The highest BCUT2D eigenvalue weighted by molar-refractivity contribution is 5.29. The van der Waals surface area contributed by atoms with Crippen molar-refractivity contribution >= 4 is 0 Å². The summed E-state index contributed by atoms with van der Waals surface area (Å²) in [4.78, 5) is 0. The van der Waals surface area contributed by atoms with Crippen molar-refractivity contribution < 1.29 is 8.78 Å². The van der Waals surface area contributed by atoms with Gasteiger partial charge in [-0.25, -0.2) is 8.78 Å². The molecule has 84 valence electrons. The van der Waals surface area contributed by atoms with Crippen LogP contribution in [0, 0.1) is 12.7 Å². The van der Waals surface area contributed by atoms with E-state index >= 15 is 0 Å².